The zero-order valence-corrected chi connectivity index (χ0v) is 11.7. The SMILES string of the molecule is CCN1C(N)=NCC1(C)c1ccc(I)cc1. The monoisotopic (exact) mass is 329 g/mol. The van der Waals surface area contributed by atoms with Crippen molar-refractivity contribution in [3.8, 4) is 0 Å². The Balaban J connectivity index is 2.36. The summed E-state index contributed by atoms with van der Waals surface area (Å²) in [6.07, 6.45) is 0. The highest BCUT2D eigenvalue weighted by atomic mass is 127. The second-order valence-electron chi connectivity index (χ2n) is 4.20. The Kier molecular flexibility index (Phi) is 3.10. The summed E-state index contributed by atoms with van der Waals surface area (Å²) in [4.78, 5) is 6.52. The van der Waals surface area contributed by atoms with Gasteiger partial charge in [-0.2, -0.15) is 0 Å². The molecule has 0 aromatic heterocycles. The lowest BCUT2D eigenvalue weighted by Crippen LogP contribution is -2.47. The second kappa shape index (κ2) is 4.24. The molecule has 1 aromatic rings. The van der Waals surface area contributed by atoms with Crippen LogP contribution >= 0.6 is 22.6 Å². The van der Waals surface area contributed by atoms with Crippen molar-refractivity contribution in [2.24, 2.45) is 10.7 Å². The molecular weight excluding hydrogens is 313 g/mol. The van der Waals surface area contributed by atoms with Gasteiger partial charge >= 0.3 is 0 Å². The van der Waals surface area contributed by atoms with Crippen LogP contribution in [0.2, 0.25) is 0 Å². The molecular formula is C12H16IN3. The molecule has 1 aliphatic heterocycles. The second-order valence-corrected chi connectivity index (χ2v) is 5.45. The number of hydrogen-bond donors (Lipinski definition) is 1. The van der Waals surface area contributed by atoms with Gasteiger partial charge in [0.25, 0.3) is 0 Å². The quantitative estimate of drug-likeness (QED) is 0.845. The van der Waals surface area contributed by atoms with E-state index in [9.17, 15) is 0 Å². The number of likely N-dealkylation sites (N-methyl/N-ethyl adjacent to an activating group) is 1. The van der Waals surface area contributed by atoms with Crippen molar-refractivity contribution in [3.05, 3.63) is 33.4 Å². The molecule has 1 unspecified atom stereocenters. The third kappa shape index (κ3) is 1.79. The van der Waals surface area contributed by atoms with Crippen molar-refractivity contribution >= 4 is 28.6 Å². The molecule has 0 fully saturated rings. The Morgan fingerprint density at radius 2 is 2.06 bits per heavy atom. The Morgan fingerprint density at radius 1 is 1.44 bits per heavy atom. The van der Waals surface area contributed by atoms with E-state index in [0.717, 1.165) is 13.1 Å². The van der Waals surface area contributed by atoms with E-state index in [0.29, 0.717) is 5.96 Å². The van der Waals surface area contributed by atoms with Gasteiger partial charge in [0.1, 0.15) is 0 Å². The van der Waals surface area contributed by atoms with Gasteiger partial charge in [-0.1, -0.05) is 12.1 Å². The predicted octanol–water partition coefficient (Wildman–Crippen LogP) is 2.16. The van der Waals surface area contributed by atoms with Gasteiger partial charge in [0, 0.05) is 10.1 Å². The first-order valence-corrected chi connectivity index (χ1v) is 6.49. The number of aliphatic imine (C=N–C) groups is 1. The molecule has 4 heteroatoms. The van der Waals surface area contributed by atoms with Crippen LogP contribution in [0.15, 0.2) is 29.3 Å². The van der Waals surface area contributed by atoms with Crippen LogP contribution in [-0.2, 0) is 5.54 Å². The fraction of sp³-hybridized carbons (Fsp3) is 0.417. The Labute approximate surface area is 110 Å². The van der Waals surface area contributed by atoms with Gasteiger partial charge in [-0.25, -0.2) is 0 Å². The summed E-state index contributed by atoms with van der Waals surface area (Å²) in [5.41, 5.74) is 7.10. The number of hydrogen-bond acceptors (Lipinski definition) is 3. The summed E-state index contributed by atoms with van der Waals surface area (Å²) in [5, 5.41) is 0. The minimum atomic E-state index is -0.0802. The maximum Gasteiger partial charge on any atom is 0.192 e. The van der Waals surface area contributed by atoms with Gasteiger partial charge in [0.2, 0.25) is 0 Å². The molecule has 0 amide bonds. The molecule has 86 valence electrons. The van der Waals surface area contributed by atoms with Crippen molar-refractivity contribution in [1.82, 2.24) is 4.90 Å². The van der Waals surface area contributed by atoms with Crippen molar-refractivity contribution in [1.29, 1.82) is 0 Å². The Bertz CT molecular complexity index is 413. The van der Waals surface area contributed by atoms with E-state index in [1.54, 1.807) is 0 Å². The smallest absolute Gasteiger partial charge is 0.192 e. The standard InChI is InChI=1S/C12H16IN3/c1-3-16-11(14)15-8-12(16,2)9-4-6-10(13)7-5-9/h4-7H,3,8H2,1-2H3,(H2,14,15). The van der Waals surface area contributed by atoms with Crippen LogP contribution in [0.25, 0.3) is 0 Å². The van der Waals surface area contributed by atoms with Crippen molar-refractivity contribution in [3.63, 3.8) is 0 Å². The molecule has 2 N–H and O–H groups in total. The fourth-order valence-electron chi connectivity index (χ4n) is 2.23. The third-order valence-corrected chi connectivity index (χ3v) is 3.92. The molecule has 1 aromatic carbocycles. The van der Waals surface area contributed by atoms with E-state index in [4.69, 9.17) is 5.73 Å². The van der Waals surface area contributed by atoms with E-state index in [-0.39, 0.29) is 5.54 Å². The van der Waals surface area contributed by atoms with Gasteiger partial charge < -0.3 is 10.6 Å². The summed E-state index contributed by atoms with van der Waals surface area (Å²) in [6, 6.07) is 8.59. The zero-order chi connectivity index (χ0) is 11.8. The zero-order valence-electron chi connectivity index (χ0n) is 9.57. The average Bonchev–Trinajstić information content (AvgIpc) is 2.56. The largest absolute Gasteiger partial charge is 0.370 e. The maximum atomic E-state index is 5.91. The molecule has 0 radical (unpaired) electrons. The first-order valence-electron chi connectivity index (χ1n) is 5.41. The maximum absolute atomic E-state index is 5.91. The number of nitrogens with two attached hydrogens (primary N) is 1. The first kappa shape index (κ1) is 11.7. The van der Waals surface area contributed by atoms with Crippen molar-refractivity contribution in [2.75, 3.05) is 13.1 Å². The predicted molar refractivity (Wildman–Crippen MR) is 75.4 cm³/mol. The normalized spacial score (nSPS) is 24.7. The highest BCUT2D eigenvalue weighted by molar-refractivity contribution is 14.1. The van der Waals surface area contributed by atoms with Crippen LogP contribution in [0, 0.1) is 3.57 Å². The summed E-state index contributed by atoms with van der Waals surface area (Å²) >= 11 is 2.32. The lowest BCUT2D eigenvalue weighted by atomic mass is 9.91. The summed E-state index contributed by atoms with van der Waals surface area (Å²) < 4.78 is 1.25. The molecule has 0 spiro atoms. The highest BCUT2D eigenvalue weighted by Crippen LogP contribution is 2.32. The Hall–Kier alpha value is -0.780. The van der Waals surface area contributed by atoms with E-state index in [2.05, 4.69) is 70.6 Å². The number of halogens is 1. The average molecular weight is 329 g/mol. The number of benzene rings is 1. The lowest BCUT2D eigenvalue weighted by Gasteiger charge is -2.35. The Morgan fingerprint density at radius 3 is 2.62 bits per heavy atom. The van der Waals surface area contributed by atoms with E-state index < -0.39 is 0 Å². The van der Waals surface area contributed by atoms with Crippen LogP contribution in [0.5, 0.6) is 0 Å². The number of rotatable bonds is 2. The number of nitrogens with zero attached hydrogens (tertiary/aromatic N) is 2. The molecule has 1 aliphatic rings. The minimum absolute atomic E-state index is 0.0802. The molecule has 0 saturated carbocycles. The minimum Gasteiger partial charge on any atom is -0.370 e. The van der Waals surface area contributed by atoms with Gasteiger partial charge in [-0.15, -0.1) is 0 Å². The van der Waals surface area contributed by atoms with Gasteiger partial charge in [0.05, 0.1) is 12.1 Å². The van der Waals surface area contributed by atoms with Crippen LogP contribution in [0.4, 0.5) is 0 Å². The van der Waals surface area contributed by atoms with Crippen LogP contribution in [0.1, 0.15) is 19.4 Å². The first-order chi connectivity index (χ1) is 7.58. The van der Waals surface area contributed by atoms with Crippen LogP contribution in [0.3, 0.4) is 0 Å². The fourth-order valence-corrected chi connectivity index (χ4v) is 2.59. The van der Waals surface area contributed by atoms with Crippen LogP contribution in [-0.4, -0.2) is 23.9 Å². The van der Waals surface area contributed by atoms with Gasteiger partial charge in [-0.05, 0) is 54.1 Å². The van der Waals surface area contributed by atoms with Crippen molar-refractivity contribution in [2.45, 2.75) is 19.4 Å². The van der Waals surface area contributed by atoms with E-state index in [1.165, 1.54) is 9.13 Å². The molecule has 1 atom stereocenters. The molecule has 16 heavy (non-hydrogen) atoms. The summed E-state index contributed by atoms with van der Waals surface area (Å²) in [6.45, 7) is 5.94. The molecule has 0 bridgehead atoms. The summed E-state index contributed by atoms with van der Waals surface area (Å²) in [7, 11) is 0. The van der Waals surface area contributed by atoms with Gasteiger partial charge in [0.15, 0.2) is 5.96 Å². The summed E-state index contributed by atoms with van der Waals surface area (Å²) in [5.74, 6) is 0.656. The third-order valence-electron chi connectivity index (χ3n) is 3.20. The van der Waals surface area contributed by atoms with Crippen molar-refractivity contribution < 1.29 is 0 Å². The topological polar surface area (TPSA) is 41.6 Å². The van der Waals surface area contributed by atoms with Crippen LogP contribution < -0.4 is 5.73 Å². The highest BCUT2D eigenvalue weighted by Gasteiger charge is 2.38. The molecule has 1 heterocycles. The molecule has 2 rings (SSSR count). The van der Waals surface area contributed by atoms with E-state index >= 15 is 0 Å². The van der Waals surface area contributed by atoms with E-state index in [1.807, 2.05) is 0 Å². The lowest BCUT2D eigenvalue weighted by molar-refractivity contribution is 0.235. The van der Waals surface area contributed by atoms with Gasteiger partial charge in [-0.3, -0.25) is 4.99 Å². The molecule has 0 saturated heterocycles. The number of guanidine groups is 1. The molecule has 0 aliphatic carbocycles. The molecule has 3 nitrogen and oxygen atoms in total.